The highest BCUT2D eigenvalue weighted by Crippen LogP contribution is 2.65. The van der Waals surface area contributed by atoms with Gasteiger partial charge in [0.15, 0.2) is 0 Å². The van der Waals surface area contributed by atoms with Gasteiger partial charge in [0.1, 0.15) is 6.04 Å². The molecule has 0 bridgehead atoms. The molecule has 0 aliphatic heterocycles. The molecule has 52 heavy (non-hydrogen) atoms. The Balaban J connectivity index is 2.38. The lowest BCUT2D eigenvalue weighted by Crippen LogP contribution is -2.74. The lowest BCUT2D eigenvalue weighted by molar-refractivity contribution is -0.462. The quantitative estimate of drug-likeness (QED) is 0.123. The van der Waals surface area contributed by atoms with Crippen molar-refractivity contribution in [2.24, 2.45) is 0 Å². The summed E-state index contributed by atoms with van der Waals surface area (Å²) in [6, 6.07) is 14.1. The second-order valence-electron chi connectivity index (χ2n) is 11.2. The Morgan fingerprint density at radius 3 is 1.25 bits per heavy atom. The summed E-state index contributed by atoms with van der Waals surface area (Å²) in [5, 5.41) is 2.42. The van der Waals surface area contributed by atoms with E-state index in [2.05, 4.69) is 5.32 Å². The highest BCUT2D eigenvalue weighted by Gasteiger charge is 2.95. The largest absolute Gasteiger partial charge is 0.464 e. The number of para-hydroxylation sites is 1. The van der Waals surface area contributed by atoms with Crippen LogP contribution in [0.15, 0.2) is 91.0 Å². The fourth-order valence-corrected chi connectivity index (χ4v) is 5.24. The standard InChI is InChI=1S/C32H24F17NO2/c1-2-52-23(51)22(50-21-16-10-5-11-17-21)24(19-12-6-3-7-13-19,20-14-8-4-9-15-20)18-25(33,34)26(35,36)27(37,38)28(39,40)29(41,42)30(43,44)31(45,46)32(47,48)49/h3-17,22,50H,2,18H2,1H3. The Labute approximate surface area is 282 Å². The molecule has 3 nitrogen and oxygen atoms in total. The van der Waals surface area contributed by atoms with Gasteiger partial charge in [-0.15, -0.1) is 0 Å². The molecule has 1 N–H and O–H groups in total. The molecule has 0 amide bonds. The van der Waals surface area contributed by atoms with Crippen LogP contribution in [0.1, 0.15) is 24.5 Å². The number of carbonyl (C=O) groups is 1. The summed E-state index contributed by atoms with van der Waals surface area (Å²) in [5.74, 6) is -59.4. The van der Waals surface area contributed by atoms with Crippen LogP contribution in [0.5, 0.6) is 0 Å². The second kappa shape index (κ2) is 13.9. The van der Waals surface area contributed by atoms with E-state index in [4.69, 9.17) is 4.74 Å². The van der Waals surface area contributed by atoms with Gasteiger partial charge in [0.2, 0.25) is 0 Å². The SMILES string of the molecule is CCOC(=O)C(Nc1ccccc1)C(CC(F)(F)C(F)(F)C(F)(F)C(F)(F)C(F)(F)C(F)(F)C(F)(F)C(F)(F)F)(c1ccccc1)c1ccccc1. The predicted octanol–water partition coefficient (Wildman–Crippen LogP) is 10.4. The number of ether oxygens (including phenoxy) is 1. The molecular weight excluding hydrogens is 753 g/mol. The molecule has 0 spiro atoms. The molecule has 0 aliphatic carbocycles. The van der Waals surface area contributed by atoms with Crippen LogP contribution in [0.3, 0.4) is 0 Å². The van der Waals surface area contributed by atoms with Crippen molar-refractivity contribution in [2.75, 3.05) is 11.9 Å². The van der Waals surface area contributed by atoms with Crippen molar-refractivity contribution < 1.29 is 84.2 Å². The van der Waals surface area contributed by atoms with Crippen LogP contribution >= 0.6 is 0 Å². The zero-order chi connectivity index (χ0) is 39.8. The van der Waals surface area contributed by atoms with Gasteiger partial charge in [0, 0.05) is 12.1 Å². The molecule has 288 valence electrons. The number of rotatable bonds is 15. The topological polar surface area (TPSA) is 38.3 Å². The molecule has 0 saturated heterocycles. The first-order valence-electron chi connectivity index (χ1n) is 14.4. The third-order valence-electron chi connectivity index (χ3n) is 7.97. The highest BCUT2D eigenvalue weighted by molar-refractivity contribution is 5.83. The van der Waals surface area contributed by atoms with Crippen LogP contribution in [0.2, 0.25) is 0 Å². The monoisotopic (exact) mass is 777 g/mol. The van der Waals surface area contributed by atoms with E-state index in [1.54, 1.807) is 0 Å². The van der Waals surface area contributed by atoms with Gasteiger partial charge in [-0.25, -0.2) is 4.79 Å². The zero-order valence-electron chi connectivity index (χ0n) is 25.9. The van der Waals surface area contributed by atoms with E-state index in [1.807, 2.05) is 0 Å². The van der Waals surface area contributed by atoms with Gasteiger partial charge < -0.3 is 10.1 Å². The summed E-state index contributed by atoms with van der Waals surface area (Å²) in [7, 11) is 0. The zero-order valence-corrected chi connectivity index (χ0v) is 25.9. The lowest BCUT2D eigenvalue weighted by Gasteiger charge is -2.46. The van der Waals surface area contributed by atoms with Crippen LogP contribution in [0.25, 0.3) is 0 Å². The molecule has 0 radical (unpaired) electrons. The number of nitrogens with one attached hydrogen (secondary N) is 1. The molecule has 0 heterocycles. The number of hydrogen-bond donors (Lipinski definition) is 1. The van der Waals surface area contributed by atoms with E-state index < -0.39 is 89.2 Å². The maximum Gasteiger partial charge on any atom is 0.460 e. The smallest absolute Gasteiger partial charge is 0.460 e. The Hall–Kier alpha value is -4.26. The molecule has 0 aromatic heterocycles. The molecule has 20 heteroatoms. The van der Waals surface area contributed by atoms with Crippen LogP contribution in [-0.4, -0.2) is 66.3 Å². The van der Waals surface area contributed by atoms with E-state index in [9.17, 15) is 61.9 Å². The minimum Gasteiger partial charge on any atom is -0.464 e. The summed E-state index contributed by atoms with van der Waals surface area (Å²) in [4.78, 5) is 13.5. The molecule has 3 rings (SSSR count). The molecule has 0 aliphatic rings. The molecular formula is C32H24F17NO2. The maximum absolute atomic E-state index is 16.0. The molecule has 3 aromatic rings. The Morgan fingerprint density at radius 2 is 0.885 bits per heavy atom. The first-order valence-corrected chi connectivity index (χ1v) is 14.4. The number of benzene rings is 3. The van der Waals surface area contributed by atoms with E-state index in [1.165, 1.54) is 49.4 Å². The van der Waals surface area contributed by atoms with E-state index >= 15 is 17.6 Å². The number of esters is 1. The van der Waals surface area contributed by atoms with Gasteiger partial charge in [-0.1, -0.05) is 78.9 Å². The molecule has 1 unspecified atom stereocenters. The van der Waals surface area contributed by atoms with Crippen molar-refractivity contribution in [2.45, 2.75) is 72.4 Å². The predicted molar refractivity (Wildman–Crippen MR) is 149 cm³/mol. The molecule has 0 saturated carbocycles. The summed E-state index contributed by atoms with van der Waals surface area (Å²) in [6.07, 6.45) is -10.8. The van der Waals surface area contributed by atoms with Gasteiger partial charge in [-0.3, -0.25) is 0 Å². The fourth-order valence-electron chi connectivity index (χ4n) is 5.24. The number of carbonyl (C=O) groups excluding carboxylic acids is 1. The lowest BCUT2D eigenvalue weighted by atomic mass is 9.64. The van der Waals surface area contributed by atoms with Crippen molar-refractivity contribution in [1.29, 1.82) is 0 Å². The van der Waals surface area contributed by atoms with E-state index in [0.29, 0.717) is 0 Å². The number of alkyl halides is 17. The van der Waals surface area contributed by atoms with Crippen molar-refractivity contribution >= 4 is 11.7 Å². The summed E-state index contributed by atoms with van der Waals surface area (Å²) in [6.45, 7) is 0.641. The summed E-state index contributed by atoms with van der Waals surface area (Å²) >= 11 is 0. The Bertz CT molecular complexity index is 1610. The van der Waals surface area contributed by atoms with Gasteiger partial charge >= 0.3 is 53.6 Å². The van der Waals surface area contributed by atoms with Crippen molar-refractivity contribution in [3.8, 4) is 0 Å². The summed E-state index contributed by atoms with van der Waals surface area (Å²) in [5.41, 5.74) is -4.64. The number of halogens is 17. The van der Waals surface area contributed by atoms with Crippen molar-refractivity contribution in [3.63, 3.8) is 0 Å². The minimum atomic E-state index is -8.78. The Kier molecular flexibility index (Phi) is 11.3. The van der Waals surface area contributed by atoms with Gasteiger partial charge in [-0.05, 0) is 30.2 Å². The van der Waals surface area contributed by atoms with Crippen molar-refractivity contribution in [1.82, 2.24) is 0 Å². The molecule has 0 fully saturated rings. The highest BCUT2D eigenvalue weighted by atomic mass is 19.4. The average molecular weight is 778 g/mol. The minimum absolute atomic E-state index is 0.156. The Morgan fingerprint density at radius 1 is 0.538 bits per heavy atom. The van der Waals surface area contributed by atoms with Crippen LogP contribution in [0, 0.1) is 0 Å². The second-order valence-corrected chi connectivity index (χ2v) is 11.2. The van der Waals surface area contributed by atoms with Gasteiger partial charge in [0.25, 0.3) is 0 Å². The first-order chi connectivity index (χ1) is 23.6. The van der Waals surface area contributed by atoms with Gasteiger partial charge in [-0.2, -0.15) is 74.6 Å². The fraction of sp³-hybridized carbons (Fsp3) is 0.406. The van der Waals surface area contributed by atoms with E-state index in [-0.39, 0.29) is 5.69 Å². The van der Waals surface area contributed by atoms with Gasteiger partial charge in [0.05, 0.1) is 12.0 Å². The van der Waals surface area contributed by atoms with E-state index in [0.717, 1.165) is 48.5 Å². The number of anilines is 1. The number of hydrogen-bond acceptors (Lipinski definition) is 3. The average Bonchev–Trinajstić information content (AvgIpc) is 3.06. The van der Waals surface area contributed by atoms with Crippen LogP contribution in [-0.2, 0) is 14.9 Å². The third kappa shape index (κ3) is 6.60. The third-order valence-corrected chi connectivity index (χ3v) is 7.97. The van der Waals surface area contributed by atoms with Crippen LogP contribution in [0.4, 0.5) is 80.3 Å². The molecule has 3 aromatic carbocycles. The first kappa shape index (κ1) is 42.2. The summed E-state index contributed by atoms with van der Waals surface area (Å²) < 4.78 is 247. The normalized spacial score (nSPS) is 14.9. The van der Waals surface area contributed by atoms with Crippen molar-refractivity contribution in [3.05, 3.63) is 102 Å². The molecule has 1 atom stereocenters. The van der Waals surface area contributed by atoms with Crippen LogP contribution < -0.4 is 5.32 Å². The maximum atomic E-state index is 16.0.